The lowest BCUT2D eigenvalue weighted by Crippen LogP contribution is -2.47. The summed E-state index contributed by atoms with van der Waals surface area (Å²) >= 11 is 0. The summed E-state index contributed by atoms with van der Waals surface area (Å²) in [6.07, 6.45) is 6.71. The molecule has 2 heteroatoms. The molecule has 116 valence electrons. The van der Waals surface area contributed by atoms with E-state index in [0.29, 0.717) is 0 Å². The van der Waals surface area contributed by atoms with Gasteiger partial charge < -0.3 is 10.1 Å². The van der Waals surface area contributed by atoms with Gasteiger partial charge in [0.05, 0.1) is 7.11 Å². The van der Waals surface area contributed by atoms with Gasteiger partial charge in [-0.05, 0) is 67.6 Å². The van der Waals surface area contributed by atoms with E-state index in [1.165, 1.54) is 37.7 Å². The predicted molar refractivity (Wildman–Crippen MR) is 87.9 cm³/mol. The van der Waals surface area contributed by atoms with Crippen molar-refractivity contribution in [3.8, 4) is 5.75 Å². The van der Waals surface area contributed by atoms with Gasteiger partial charge >= 0.3 is 0 Å². The maximum absolute atomic E-state index is 5.33. The summed E-state index contributed by atoms with van der Waals surface area (Å²) in [6.45, 7) is 4.81. The number of ether oxygens (including phenoxy) is 1. The lowest BCUT2D eigenvalue weighted by atomic mass is 9.74. The Labute approximate surface area is 129 Å². The van der Waals surface area contributed by atoms with Gasteiger partial charge in [-0.1, -0.05) is 26.0 Å². The first kappa shape index (κ1) is 14.9. The van der Waals surface area contributed by atoms with Gasteiger partial charge in [-0.3, -0.25) is 0 Å². The Hall–Kier alpha value is -1.02. The molecule has 0 aliphatic heterocycles. The van der Waals surface area contributed by atoms with E-state index in [0.717, 1.165) is 35.6 Å². The zero-order chi connectivity index (χ0) is 14.8. The molecule has 1 aromatic rings. The zero-order valence-corrected chi connectivity index (χ0v) is 13.6. The maximum Gasteiger partial charge on any atom is 0.119 e. The molecule has 2 nitrogen and oxygen atoms in total. The van der Waals surface area contributed by atoms with Crippen LogP contribution in [-0.2, 0) is 0 Å². The number of methoxy groups -OCH3 is 1. The van der Waals surface area contributed by atoms with Crippen LogP contribution >= 0.6 is 0 Å². The van der Waals surface area contributed by atoms with Gasteiger partial charge in [-0.15, -0.1) is 0 Å². The van der Waals surface area contributed by atoms with Crippen LogP contribution in [0.2, 0.25) is 0 Å². The fraction of sp³-hybridized carbons (Fsp3) is 0.684. The fourth-order valence-corrected chi connectivity index (χ4v) is 4.34. The van der Waals surface area contributed by atoms with E-state index in [-0.39, 0.29) is 0 Å². The Morgan fingerprint density at radius 3 is 2.29 bits per heavy atom. The molecule has 2 saturated carbocycles. The molecule has 0 amide bonds. The average molecular weight is 287 g/mol. The Balaban J connectivity index is 1.49. The van der Waals surface area contributed by atoms with Crippen molar-refractivity contribution < 1.29 is 4.74 Å². The average Bonchev–Trinajstić information content (AvgIpc) is 2.41. The third-order valence-corrected chi connectivity index (χ3v) is 5.35. The Bertz CT molecular complexity index is 456. The summed E-state index contributed by atoms with van der Waals surface area (Å²) in [7, 11) is 1.75. The molecule has 0 spiro atoms. The molecule has 2 aliphatic rings. The highest BCUT2D eigenvalue weighted by Gasteiger charge is 2.33. The van der Waals surface area contributed by atoms with E-state index in [2.05, 4.69) is 37.4 Å². The lowest BCUT2D eigenvalue weighted by Gasteiger charge is -2.41. The molecule has 0 heterocycles. The second-order valence-electron chi connectivity index (χ2n) is 7.42. The summed E-state index contributed by atoms with van der Waals surface area (Å²) in [4.78, 5) is 0. The third kappa shape index (κ3) is 3.60. The summed E-state index contributed by atoms with van der Waals surface area (Å²) in [5, 5.41) is 3.91. The quantitative estimate of drug-likeness (QED) is 0.888. The molecule has 1 N–H and O–H groups in total. The molecule has 0 radical (unpaired) electrons. The minimum absolute atomic E-state index is 0.719. The highest BCUT2D eigenvalue weighted by molar-refractivity contribution is 5.32. The lowest BCUT2D eigenvalue weighted by molar-refractivity contribution is 0.188. The van der Waals surface area contributed by atoms with E-state index in [9.17, 15) is 0 Å². The fourth-order valence-electron chi connectivity index (χ4n) is 4.34. The largest absolute Gasteiger partial charge is 0.497 e. The van der Waals surface area contributed by atoms with Crippen LogP contribution in [0.25, 0.3) is 0 Å². The van der Waals surface area contributed by atoms with Crippen molar-refractivity contribution >= 4 is 0 Å². The van der Waals surface area contributed by atoms with E-state index in [4.69, 9.17) is 4.74 Å². The summed E-state index contributed by atoms with van der Waals surface area (Å²) in [5.74, 6) is 3.48. The van der Waals surface area contributed by atoms with Crippen LogP contribution in [0.4, 0.5) is 0 Å². The van der Waals surface area contributed by atoms with Crippen molar-refractivity contribution in [3.63, 3.8) is 0 Å². The maximum atomic E-state index is 5.33. The first-order chi connectivity index (χ1) is 10.1. The smallest absolute Gasteiger partial charge is 0.119 e. The predicted octanol–water partition coefficient (Wildman–Crippen LogP) is 4.36. The van der Waals surface area contributed by atoms with Crippen LogP contribution in [0.1, 0.15) is 57.4 Å². The summed E-state index contributed by atoms with van der Waals surface area (Å²) in [6, 6.07) is 10.1. The number of hydrogen-bond acceptors (Lipinski definition) is 2. The van der Waals surface area contributed by atoms with Crippen molar-refractivity contribution in [1.29, 1.82) is 0 Å². The molecule has 2 aliphatic carbocycles. The highest BCUT2D eigenvalue weighted by Crippen LogP contribution is 2.39. The standard InChI is InChI=1S/C19H29NO/c1-13-7-14(2)9-17(8-13)20-18-10-16(11-18)15-5-4-6-19(12-15)21-3/h4-6,12-14,16-18,20H,7-11H2,1-3H3. The van der Waals surface area contributed by atoms with Gasteiger partial charge in [0.2, 0.25) is 0 Å². The number of rotatable bonds is 4. The molecule has 2 atom stereocenters. The van der Waals surface area contributed by atoms with Gasteiger partial charge in [0.15, 0.2) is 0 Å². The molecule has 0 bridgehead atoms. The SMILES string of the molecule is COc1cccc(C2CC(NC3CC(C)CC(C)C3)C2)c1. The second-order valence-corrected chi connectivity index (χ2v) is 7.42. The number of nitrogens with one attached hydrogen (secondary N) is 1. The molecule has 1 aromatic carbocycles. The van der Waals surface area contributed by atoms with E-state index in [1.54, 1.807) is 7.11 Å². The van der Waals surface area contributed by atoms with E-state index < -0.39 is 0 Å². The third-order valence-electron chi connectivity index (χ3n) is 5.35. The summed E-state index contributed by atoms with van der Waals surface area (Å²) in [5.41, 5.74) is 1.44. The molecule has 0 aromatic heterocycles. The van der Waals surface area contributed by atoms with Gasteiger partial charge in [0, 0.05) is 12.1 Å². The van der Waals surface area contributed by atoms with E-state index >= 15 is 0 Å². The number of hydrogen-bond donors (Lipinski definition) is 1. The normalized spacial score (nSPS) is 36.0. The van der Waals surface area contributed by atoms with Crippen LogP contribution in [0.5, 0.6) is 5.75 Å². The van der Waals surface area contributed by atoms with Gasteiger partial charge in [-0.25, -0.2) is 0 Å². The van der Waals surface area contributed by atoms with Crippen molar-refractivity contribution in [2.24, 2.45) is 11.8 Å². The monoisotopic (exact) mass is 287 g/mol. The Kier molecular flexibility index (Phi) is 4.54. The topological polar surface area (TPSA) is 21.3 Å². The minimum atomic E-state index is 0.719. The Morgan fingerprint density at radius 2 is 1.62 bits per heavy atom. The second kappa shape index (κ2) is 6.39. The molecule has 3 rings (SSSR count). The van der Waals surface area contributed by atoms with Gasteiger partial charge in [0.1, 0.15) is 5.75 Å². The zero-order valence-electron chi connectivity index (χ0n) is 13.6. The van der Waals surface area contributed by atoms with Crippen LogP contribution in [-0.4, -0.2) is 19.2 Å². The molecule has 2 unspecified atom stereocenters. The van der Waals surface area contributed by atoms with Crippen molar-refractivity contribution in [2.75, 3.05) is 7.11 Å². The van der Waals surface area contributed by atoms with Crippen molar-refractivity contribution in [3.05, 3.63) is 29.8 Å². The molecular formula is C19H29NO. The van der Waals surface area contributed by atoms with Gasteiger partial charge in [-0.2, -0.15) is 0 Å². The van der Waals surface area contributed by atoms with Crippen LogP contribution in [0.15, 0.2) is 24.3 Å². The van der Waals surface area contributed by atoms with Crippen molar-refractivity contribution in [1.82, 2.24) is 5.32 Å². The first-order valence-electron chi connectivity index (χ1n) is 8.54. The van der Waals surface area contributed by atoms with Crippen molar-refractivity contribution in [2.45, 2.75) is 64.0 Å². The molecule has 0 saturated heterocycles. The van der Waals surface area contributed by atoms with Crippen LogP contribution in [0.3, 0.4) is 0 Å². The Morgan fingerprint density at radius 1 is 0.952 bits per heavy atom. The molecule has 21 heavy (non-hydrogen) atoms. The van der Waals surface area contributed by atoms with Crippen LogP contribution < -0.4 is 10.1 Å². The van der Waals surface area contributed by atoms with Gasteiger partial charge in [0.25, 0.3) is 0 Å². The molecular weight excluding hydrogens is 258 g/mol. The van der Waals surface area contributed by atoms with E-state index in [1.807, 2.05) is 6.07 Å². The summed E-state index contributed by atoms with van der Waals surface area (Å²) < 4.78 is 5.33. The van der Waals surface area contributed by atoms with Crippen LogP contribution in [0, 0.1) is 11.8 Å². The number of benzene rings is 1. The first-order valence-corrected chi connectivity index (χ1v) is 8.54. The highest BCUT2D eigenvalue weighted by atomic mass is 16.5. The minimum Gasteiger partial charge on any atom is -0.497 e. The molecule has 2 fully saturated rings.